The Labute approximate surface area is 196 Å². The summed E-state index contributed by atoms with van der Waals surface area (Å²) in [6.45, 7) is 5.37. The monoisotopic (exact) mass is 509 g/mol. The fraction of sp³-hybridized carbons (Fsp3) is 0.619. The van der Waals surface area contributed by atoms with E-state index in [1.54, 1.807) is 20.8 Å². The number of halogens is 6. The van der Waals surface area contributed by atoms with Gasteiger partial charge in [-0.2, -0.15) is 26.3 Å². The fourth-order valence-corrected chi connectivity index (χ4v) is 3.77. The Morgan fingerprint density at radius 2 is 1.74 bits per heavy atom. The van der Waals surface area contributed by atoms with E-state index in [1.807, 2.05) is 0 Å². The van der Waals surface area contributed by atoms with E-state index in [4.69, 9.17) is 10.2 Å². The minimum atomic E-state index is -5.17. The largest absolute Gasteiger partial charge is 0.426 e. The van der Waals surface area contributed by atoms with Crippen LogP contribution in [0.5, 0.6) is 0 Å². The standard InChI is InChI=1S/C21H25F6N5O3/c1-18(2,3)10-32-8-6-4-5-7-19(34,21(25,26)27)17-31-30-15(35-17)14-12(28)9-11(20(22,23)24)13(29-14)16(32)33/h9,34H,4-8,10,28H2,1-3H3/t19-/m1/s1. The maximum Gasteiger partial charge on any atom is 0.426 e. The highest BCUT2D eigenvalue weighted by Crippen LogP contribution is 2.43. The molecule has 1 amide bonds. The topological polar surface area (TPSA) is 118 Å². The van der Waals surface area contributed by atoms with E-state index in [2.05, 4.69) is 15.2 Å². The highest BCUT2D eigenvalue weighted by atomic mass is 19.4. The van der Waals surface area contributed by atoms with E-state index < -0.39 is 70.1 Å². The molecule has 2 aromatic heterocycles. The quantitative estimate of drug-likeness (QED) is 0.542. The zero-order valence-electron chi connectivity index (χ0n) is 19.2. The lowest BCUT2D eigenvalue weighted by molar-refractivity contribution is -0.277. The lowest BCUT2D eigenvalue weighted by Gasteiger charge is -2.31. The number of aromatic nitrogens is 3. The molecule has 0 saturated heterocycles. The molecule has 3 N–H and O–H groups in total. The maximum absolute atomic E-state index is 13.8. The average molecular weight is 509 g/mol. The van der Waals surface area contributed by atoms with E-state index in [-0.39, 0.29) is 32.4 Å². The number of hydrogen-bond donors (Lipinski definition) is 2. The van der Waals surface area contributed by atoms with Gasteiger partial charge in [0, 0.05) is 13.1 Å². The number of nitrogens with zero attached hydrogens (tertiary/aromatic N) is 4. The number of aliphatic hydroxyl groups is 1. The number of nitrogens with two attached hydrogens (primary N) is 1. The zero-order valence-corrected chi connectivity index (χ0v) is 19.2. The van der Waals surface area contributed by atoms with Gasteiger partial charge in [0.15, 0.2) is 5.69 Å². The molecule has 0 radical (unpaired) electrons. The van der Waals surface area contributed by atoms with Crippen molar-refractivity contribution in [1.82, 2.24) is 20.1 Å². The predicted octanol–water partition coefficient (Wildman–Crippen LogP) is 4.54. The number of pyridine rings is 1. The first kappa shape index (κ1) is 26.7. The second kappa shape index (κ2) is 8.95. The summed E-state index contributed by atoms with van der Waals surface area (Å²) in [5.74, 6) is -2.97. The molecule has 14 heteroatoms. The number of amides is 1. The summed E-state index contributed by atoms with van der Waals surface area (Å²) in [5, 5.41) is 17.1. The highest BCUT2D eigenvalue weighted by Gasteiger charge is 2.58. The third-order valence-electron chi connectivity index (χ3n) is 5.43. The first-order valence-electron chi connectivity index (χ1n) is 10.7. The molecule has 0 aliphatic carbocycles. The lowest BCUT2D eigenvalue weighted by atomic mass is 9.94. The van der Waals surface area contributed by atoms with Crippen molar-refractivity contribution < 1.29 is 40.7 Å². The molecule has 2 aromatic rings. The third kappa shape index (κ3) is 5.52. The average Bonchev–Trinajstić information content (AvgIpc) is 3.19. The summed E-state index contributed by atoms with van der Waals surface area (Å²) in [5.41, 5.74) is -1.92. The van der Waals surface area contributed by atoms with Gasteiger partial charge in [-0.25, -0.2) is 4.98 Å². The van der Waals surface area contributed by atoms with Gasteiger partial charge in [-0.05, 0) is 30.7 Å². The van der Waals surface area contributed by atoms with Gasteiger partial charge in [0.05, 0.1) is 11.3 Å². The molecule has 1 aliphatic heterocycles. The summed E-state index contributed by atoms with van der Waals surface area (Å²) < 4.78 is 87.7. The van der Waals surface area contributed by atoms with Gasteiger partial charge in [0.25, 0.3) is 17.7 Å². The van der Waals surface area contributed by atoms with Crippen LogP contribution in [0.2, 0.25) is 0 Å². The minimum Gasteiger partial charge on any atom is -0.416 e. The number of fused-ring (bicyclic) bond motifs is 5. The number of rotatable bonds is 1. The molecule has 0 aromatic carbocycles. The Balaban J connectivity index is 2.24. The van der Waals surface area contributed by atoms with Gasteiger partial charge in [0.1, 0.15) is 5.69 Å². The van der Waals surface area contributed by atoms with Crippen molar-refractivity contribution in [2.75, 3.05) is 18.8 Å². The van der Waals surface area contributed by atoms with E-state index in [0.717, 1.165) is 0 Å². The summed E-state index contributed by atoms with van der Waals surface area (Å²) in [4.78, 5) is 18.2. The van der Waals surface area contributed by atoms with Gasteiger partial charge in [-0.1, -0.05) is 27.2 Å². The molecule has 3 rings (SSSR count). The molecule has 3 heterocycles. The molecule has 8 nitrogen and oxygen atoms in total. The van der Waals surface area contributed by atoms with Crippen molar-refractivity contribution in [3.8, 4) is 11.6 Å². The van der Waals surface area contributed by atoms with Crippen molar-refractivity contribution in [3.63, 3.8) is 0 Å². The molecule has 0 saturated carbocycles. The van der Waals surface area contributed by atoms with Crippen LogP contribution in [-0.4, -0.2) is 50.4 Å². The smallest absolute Gasteiger partial charge is 0.416 e. The number of carbonyl (C=O) groups is 1. The van der Waals surface area contributed by atoms with E-state index in [9.17, 15) is 36.2 Å². The van der Waals surface area contributed by atoms with Crippen LogP contribution in [0, 0.1) is 5.41 Å². The first-order valence-corrected chi connectivity index (χ1v) is 10.7. The first-order chi connectivity index (χ1) is 15.9. The Morgan fingerprint density at radius 1 is 1.09 bits per heavy atom. The maximum atomic E-state index is 13.8. The van der Waals surface area contributed by atoms with E-state index >= 15 is 0 Å². The molecule has 35 heavy (non-hydrogen) atoms. The van der Waals surface area contributed by atoms with Crippen molar-refractivity contribution in [1.29, 1.82) is 0 Å². The Morgan fingerprint density at radius 3 is 2.31 bits per heavy atom. The van der Waals surface area contributed by atoms with Crippen molar-refractivity contribution in [2.24, 2.45) is 5.41 Å². The van der Waals surface area contributed by atoms with Gasteiger partial charge >= 0.3 is 12.4 Å². The van der Waals surface area contributed by atoms with Gasteiger partial charge in [-0.3, -0.25) is 4.79 Å². The van der Waals surface area contributed by atoms with E-state index in [1.165, 1.54) is 4.90 Å². The third-order valence-corrected chi connectivity index (χ3v) is 5.43. The number of hydrogen-bond acceptors (Lipinski definition) is 7. The molecule has 0 fully saturated rings. The molecule has 1 aliphatic rings. The van der Waals surface area contributed by atoms with Crippen LogP contribution >= 0.6 is 0 Å². The molecule has 4 bridgehead atoms. The van der Waals surface area contributed by atoms with Crippen LogP contribution in [0.1, 0.15) is 68.4 Å². The van der Waals surface area contributed by atoms with Crippen LogP contribution in [0.25, 0.3) is 11.6 Å². The van der Waals surface area contributed by atoms with Crippen LogP contribution in [0.15, 0.2) is 10.5 Å². The number of nitrogen functional groups attached to an aromatic ring is 1. The molecule has 1 atom stereocenters. The van der Waals surface area contributed by atoms with Crippen LogP contribution < -0.4 is 5.73 Å². The normalized spacial score (nSPS) is 20.6. The fourth-order valence-electron chi connectivity index (χ4n) is 3.77. The Bertz CT molecular complexity index is 1090. The van der Waals surface area contributed by atoms with Crippen molar-refractivity contribution >= 4 is 11.6 Å². The number of alkyl halides is 6. The number of carbonyl (C=O) groups excluding carboxylic acids is 1. The summed E-state index contributed by atoms with van der Waals surface area (Å²) in [7, 11) is 0. The lowest BCUT2D eigenvalue weighted by Crippen LogP contribution is -2.42. The minimum absolute atomic E-state index is 0.0301. The summed E-state index contributed by atoms with van der Waals surface area (Å²) in [6, 6.07) is 0.455. The van der Waals surface area contributed by atoms with Crippen molar-refractivity contribution in [3.05, 3.63) is 23.2 Å². The number of anilines is 1. The van der Waals surface area contributed by atoms with E-state index in [0.29, 0.717) is 6.07 Å². The SMILES string of the molecule is CC(C)(C)CN1CCCCC[C@](O)(C(F)(F)F)c2nnc(o2)-c2nc(c(C(F)(F)F)cc2N)C1=O. The predicted molar refractivity (Wildman–Crippen MR) is 111 cm³/mol. The Kier molecular flexibility index (Phi) is 6.83. The molecule has 0 unspecified atom stereocenters. The molecular formula is C21H25F6N5O3. The van der Waals surface area contributed by atoms with Crippen molar-refractivity contribution in [2.45, 2.75) is 64.4 Å². The second-order valence-corrected chi connectivity index (χ2v) is 9.69. The van der Waals surface area contributed by atoms with Gasteiger partial charge in [-0.15, -0.1) is 10.2 Å². The molecular weight excluding hydrogens is 484 g/mol. The molecule has 194 valence electrons. The molecule has 0 spiro atoms. The van der Waals surface area contributed by atoms with Gasteiger partial charge < -0.3 is 20.2 Å². The van der Waals surface area contributed by atoms with Crippen LogP contribution in [0.3, 0.4) is 0 Å². The van der Waals surface area contributed by atoms with Gasteiger partial charge in [0.2, 0.25) is 5.60 Å². The Hall–Kier alpha value is -2.90. The summed E-state index contributed by atoms with van der Waals surface area (Å²) >= 11 is 0. The highest BCUT2D eigenvalue weighted by molar-refractivity contribution is 5.95. The zero-order chi connectivity index (χ0) is 26.4. The summed E-state index contributed by atoms with van der Waals surface area (Å²) in [6.07, 6.45) is -10.8. The van der Waals surface area contributed by atoms with Crippen LogP contribution in [-0.2, 0) is 11.8 Å². The second-order valence-electron chi connectivity index (χ2n) is 9.69. The van der Waals surface area contributed by atoms with Crippen LogP contribution in [0.4, 0.5) is 32.0 Å².